The topological polar surface area (TPSA) is 47.6 Å². The highest BCUT2D eigenvalue weighted by molar-refractivity contribution is 9.24. The van der Waals surface area contributed by atoms with E-state index in [4.69, 9.17) is 10.5 Å². The zero-order valence-corrected chi connectivity index (χ0v) is 14.2. The number of hydrogen-bond donors (Lipinski definition) is 0. The van der Waals surface area contributed by atoms with Gasteiger partial charge in [0.05, 0.1) is 15.9 Å². The molecule has 1 aromatic rings. The molecule has 0 saturated carbocycles. The molecule has 2 nitrogen and oxygen atoms in total. The van der Waals surface area contributed by atoms with E-state index in [1.165, 1.54) is 0 Å². The van der Waals surface area contributed by atoms with Crippen LogP contribution in [0, 0.1) is 34.5 Å². The molecule has 1 rings (SSSR count). The number of nitrogens with zero attached hydrogens (tertiary/aromatic N) is 2. The average molecular weight is 384 g/mol. The average Bonchev–Trinajstić information content (AvgIpc) is 2.37. The predicted molar refractivity (Wildman–Crippen MR) is 84.0 cm³/mol. The van der Waals surface area contributed by atoms with Gasteiger partial charge in [0.15, 0.2) is 0 Å². The molecule has 4 heteroatoms. The van der Waals surface area contributed by atoms with Gasteiger partial charge in [0.25, 0.3) is 0 Å². The van der Waals surface area contributed by atoms with Crippen LogP contribution in [0.4, 0.5) is 0 Å². The normalized spacial score (nSPS) is 13.6. The lowest BCUT2D eigenvalue weighted by Crippen LogP contribution is -2.02. The maximum atomic E-state index is 8.92. The summed E-state index contributed by atoms with van der Waals surface area (Å²) in [4.78, 5) is 0. The van der Waals surface area contributed by atoms with Gasteiger partial charge in [0.2, 0.25) is 0 Å². The van der Waals surface area contributed by atoms with Crippen molar-refractivity contribution in [2.24, 2.45) is 11.8 Å². The Morgan fingerprint density at radius 3 is 1.68 bits per heavy atom. The van der Waals surface area contributed by atoms with Gasteiger partial charge in [-0.2, -0.15) is 10.5 Å². The van der Waals surface area contributed by atoms with Crippen molar-refractivity contribution >= 4 is 31.9 Å². The third kappa shape index (κ3) is 5.35. The molecule has 0 spiro atoms. The molecule has 0 fully saturated rings. The van der Waals surface area contributed by atoms with Crippen LogP contribution < -0.4 is 0 Å². The van der Waals surface area contributed by atoms with Crippen molar-refractivity contribution in [1.82, 2.24) is 0 Å². The fraction of sp³-hybridized carbons (Fsp3) is 0.467. The zero-order chi connectivity index (χ0) is 14.4. The van der Waals surface area contributed by atoms with Crippen LogP contribution in [0.2, 0.25) is 0 Å². The molecule has 19 heavy (non-hydrogen) atoms. The molecule has 0 aromatic heterocycles. The fourth-order valence-corrected chi connectivity index (χ4v) is 2.48. The maximum Gasteiger partial charge on any atom is 0.0946 e. The molecule has 2 unspecified atom stereocenters. The molecule has 0 aliphatic rings. The molecule has 0 bridgehead atoms. The van der Waals surface area contributed by atoms with E-state index in [9.17, 15) is 0 Å². The molecular weight excluding hydrogens is 368 g/mol. The van der Waals surface area contributed by atoms with Crippen molar-refractivity contribution in [2.75, 3.05) is 0 Å². The van der Waals surface area contributed by atoms with Crippen LogP contribution in [0.1, 0.15) is 34.3 Å². The first-order valence-corrected chi connectivity index (χ1v) is 7.99. The Balaban J connectivity index is 3.05. The van der Waals surface area contributed by atoms with Gasteiger partial charge >= 0.3 is 0 Å². The summed E-state index contributed by atoms with van der Waals surface area (Å²) in [5.74, 6) is 0.00109. The Bertz CT molecular complexity index is 472. The van der Waals surface area contributed by atoms with Crippen molar-refractivity contribution < 1.29 is 0 Å². The lowest BCUT2D eigenvalue weighted by molar-refractivity contribution is 0.722. The second kappa shape index (κ2) is 7.68. The van der Waals surface area contributed by atoms with E-state index in [-0.39, 0.29) is 15.6 Å². The first-order valence-electron chi connectivity index (χ1n) is 6.16. The van der Waals surface area contributed by atoms with Crippen molar-refractivity contribution in [3.8, 4) is 12.1 Å². The molecule has 2 atom stereocenters. The first kappa shape index (κ1) is 16.2. The molecule has 0 aliphatic carbocycles. The highest BCUT2D eigenvalue weighted by atomic mass is 79.9. The molecule has 0 radical (unpaired) electrons. The Labute approximate surface area is 131 Å². The summed E-state index contributed by atoms with van der Waals surface area (Å²) >= 11 is 7.01. The Morgan fingerprint density at radius 1 is 0.947 bits per heavy atom. The van der Waals surface area contributed by atoms with E-state index in [2.05, 4.69) is 62.2 Å². The summed E-state index contributed by atoms with van der Waals surface area (Å²) in [6.07, 6.45) is 1.48. The summed E-state index contributed by atoms with van der Waals surface area (Å²) in [5.41, 5.74) is 3.42. The quantitative estimate of drug-likeness (QED) is 0.680. The highest BCUT2D eigenvalue weighted by Crippen LogP contribution is 2.31. The van der Waals surface area contributed by atoms with Crippen molar-refractivity contribution in [2.45, 2.75) is 30.4 Å². The third-order valence-corrected chi connectivity index (χ3v) is 3.91. The SMILES string of the molecule is CC(C#N)Cc1cc(CC(C)C#N)cc(C(Br)Br)c1. The van der Waals surface area contributed by atoms with Crippen LogP contribution in [0.25, 0.3) is 0 Å². The third-order valence-electron chi connectivity index (χ3n) is 2.85. The van der Waals surface area contributed by atoms with Gasteiger partial charge in [-0.25, -0.2) is 0 Å². The monoisotopic (exact) mass is 382 g/mol. The lowest BCUT2D eigenvalue weighted by Gasteiger charge is -2.12. The predicted octanol–water partition coefficient (Wildman–Crippen LogP) is 4.88. The van der Waals surface area contributed by atoms with Crippen LogP contribution >= 0.6 is 31.9 Å². The van der Waals surface area contributed by atoms with Crippen LogP contribution in [0.15, 0.2) is 18.2 Å². The van der Waals surface area contributed by atoms with E-state index < -0.39 is 0 Å². The van der Waals surface area contributed by atoms with Crippen molar-refractivity contribution in [3.05, 3.63) is 34.9 Å². The van der Waals surface area contributed by atoms with Crippen LogP contribution in [-0.4, -0.2) is 0 Å². The summed E-state index contributed by atoms with van der Waals surface area (Å²) in [6, 6.07) is 10.8. The fourth-order valence-electron chi connectivity index (χ4n) is 1.95. The largest absolute Gasteiger partial charge is 0.198 e. The molecule has 100 valence electrons. The molecule has 0 heterocycles. The molecule has 0 N–H and O–H groups in total. The van der Waals surface area contributed by atoms with Gasteiger partial charge in [-0.1, -0.05) is 50.1 Å². The van der Waals surface area contributed by atoms with Crippen molar-refractivity contribution in [1.29, 1.82) is 10.5 Å². The summed E-state index contributed by atoms with van der Waals surface area (Å²) < 4.78 is 0.0912. The summed E-state index contributed by atoms with van der Waals surface area (Å²) in [6.45, 7) is 3.84. The van der Waals surface area contributed by atoms with E-state index in [0.717, 1.165) is 29.5 Å². The van der Waals surface area contributed by atoms with Crippen LogP contribution in [0.3, 0.4) is 0 Å². The van der Waals surface area contributed by atoms with Crippen LogP contribution in [0.5, 0.6) is 0 Å². The molecule has 0 saturated heterocycles. The molecule has 0 amide bonds. The summed E-state index contributed by atoms with van der Waals surface area (Å²) in [5, 5.41) is 17.8. The Morgan fingerprint density at radius 2 is 1.37 bits per heavy atom. The lowest BCUT2D eigenvalue weighted by atomic mass is 9.95. The minimum absolute atomic E-state index is 0.000547. The van der Waals surface area contributed by atoms with Gasteiger partial charge in [0.1, 0.15) is 0 Å². The van der Waals surface area contributed by atoms with Gasteiger partial charge in [-0.3, -0.25) is 0 Å². The minimum atomic E-state index is 0.000547. The van der Waals surface area contributed by atoms with Crippen molar-refractivity contribution in [3.63, 3.8) is 0 Å². The molecule has 1 aromatic carbocycles. The van der Waals surface area contributed by atoms with Gasteiger partial charge in [-0.15, -0.1) is 0 Å². The first-order chi connectivity index (χ1) is 8.96. The maximum absolute atomic E-state index is 8.92. The zero-order valence-electron chi connectivity index (χ0n) is 11.0. The second-order valence-corrected chi connectivity index (χ2v) is 7.91. The standard InChI is InChI=1S/C15H16Br2N2/c1-10(8-18)3-12-5-13(4-11(2)9-19)7-14(6-12)15(16)17/h5-7,10-11,15H,3-4H2,1-2H3. The smallest absolute Gasteiger partial charge is 0.0946 e. The van der Waals surface area contributed by atoms with Gasteiger partial charge in [-0.05, 0) is 43.4 Å². The number of benzene rings is 1. The Hall–Kier alpha value is -0.840. The number of nitriles is 2. The number of alkyl halides is 2. The summed E-state index contributed by atoms with van der Waals surface area (Å²) in [7, 11) is 0. The highest BCUT2D eigenvalue weighted by Gasteiger charge is 2.11. The van der Waals surface area contributed by atoms with Gasteiger partial charge < -0.3 is 0 Å². The van der Waals surface area contributed by atoms with E-state index in [0.29, 0.717) is 0 Å². The Kier molecular flexibility index (Phi) is 6.55. The van der Waals surface area contributed by atoms with Gasteiger partial charge in [0, 0.05) is 11.8 Å². The number of halogens is 2. The minimum Gasteiger partial charge on any atom is -0.198 e. The van der Waals surface area contributed by atoms with Crippen LogP contribution in [-0.2, 0) is 12.8 Å². The molecule has 0 aliphatic heterocycles. The second-order valence-electron chi connectivity index (χ2n) is 4.85. The van der Waals surface area contributed by atoms with E-state index in [1.54, 1.807) is 0 Å². The van der Waals surface area contributed by atoms with E-state index >= 15 is 0 Å². The number of hydrogen-bond acceptors (Lipinski definition) is 2. The molecular formula is C15H16Br2N2. The number of rotatable bonds is 5. The van der Waals surface area contributed by atoms with E-state index in [1.807, 2.05) is 13.8 Å².